The van der Waals surface area contributed by atoms with Crippen LogP contribution in [0.25, 0.3) is 0 Å². The van der Waals surface area contributed by atoms with Crippen LogP contribution in [0.3, 0.4) is 0 Å². The number of hydrogen-bond acceptors (Lipinski definition) is 9. The van der Waals surface area contributed by atoms with Crippen molar-refractivity contribution >= 4 is 29.9 Å². The lowest BCUT2D eigenvalue weighted by atomic mass is 9.93. The normalized spacial score (nSPS) is 25.5. The maximum Gasteiger partial charge on any atom is 0.410 e. The number of fused-ring (bicyclic) bond motifs is 2. The summed E-state index contributed by atoms with van der Waals surface area (Å²) in [4.78, 5) is 64.6. The molecule has 6 atom stereocenters. The molecule has 2 saturated carbocycles. The first-order chi connectivity index (χ1) is 23.2. The Hall–Kier alpha value is -4.67. The molecule has 4 aliphatic rings. The highest BCUT2D eigenvalue weighted by molar-refractivity contribution is 5.90. The molecular formula is C37H44N2O9. The van der Waals surface area contributed by atoms with Crippen molar-refractivity contribution in [3.8, 4) is 0 Å². The minimum absolute atomic E-state index is 0.0980. The van der Waals surface area contributed by atoms with Gasteiger partial charge in [0.2, 0.25) is 0 Å². The Labute approximate surface area is 281 Å². The van der Waals surface area contributed by atoms with Crippen molar-refractivity contribution in [2.75, 3.05) is 26.3 Å². The number of carbonyl (C=O) groups is 5. The van der Waals surface area contributed by atoms with E-state index in [1.165, 1.54) is 9.80 Å². The molecule has 11 nitrogen and oxygen atoms in total. The maximum absolute atomic E-state index is 12.5. The Kier molecular flexibility index (Phi) is 11.5. The average molecular weight is 661 g/mol. The van der Waals surface area contributed by atoms with Gasteiger partial charge in [-0.1, -0.05) is 72.8 Å². The highest BCUT2D eigenvalue weighted by Crippen LogP contribution is 2.45. The number of likely N-dealkylation sites (tertiary alicyclic amines) is 2. The molecule has 0 spiro atoms. The highest BCUT2D eigenvalue weighted by Gasteiger charge is 2.54. The molecule has 0 N–H and O–H groups in total. The van der Waals surface area contributed by atoms with Crippen LogP contribution in [-0.4, -0.2) is 78.1 Å². The van der Waals surface area contributed by atoms with Gasteiger partial charge in [-0.25, -0.2) is 19.2 Å². The predicted octanol–water partition coefficient (Wildman–Crippen LogP) is 5.32. The Morgan fingerprint density at radius 3 is 1.58 bits per heavy atom. The molecule has 0 aromatic heterocycles. The largest absolute Gasteiger partial charge is 0.464 e. The van der Waals surface area contributed by atoms with Crippen molar-refractivity contribution in [3.63, 3.8) is 0 Å². The van der Waals surface area contributed by atoms with E-state index in [1.807, 2.05) is 60.7 Å². The summed E-state index contributed by atoms with van der Waals surface area (Å²) in [6.45, 7) is 9.19. The number of hydrogen-bond donors (Lipinski definition) is 0. The molecule has 4 fully saturated rings. The zero-order valence-corrected chi connectivity index (χ0v) is 27.6. The number of ether oxygens (including phenoxy) is 4. The number of esters is 2. The van der Waals surface area contributed by atoms with Crippen LogP contribution in [0.2, 0.25) is 0 Å². The van der Waals surface area contributed by atoms with Crippen LogP contribution in [-0.2, 0) is 46.5 Å². The van der Waals surface area contributed by atoms with E-state index in [9.17, 15) is 24.0 Å². The first-order valence-electron chi connectivity index (χ1n) is 16.7. The van der Waals surface area contributed by atoms with Gasteiger partial charge in [0, 0.05) is 37.3 Å². The number of benzene rings is 2. The second kappa shape index (κ2) is 16.0. The molecule has 2 aromatic rings. The van der Waals surface area contributed by atoms with Crippen LogP contribution >= 0.6 is 0 Å². The fourth-order valence-electron chi connectivity index (χ4n) is 7.39. The average Bonchev–Trinajstić information content (AvgIpc) is 3.86. The van der Waals surface area contributed by atoms with Crippen molar-refractivity contribution in [3.05, 3.63) is 83.9 Å². The number of carbonyl (C=O) groups excluding carboxylic acids is 5. The first kappa shape index (κ1) is 34.7. The summed E-state index contributed by atoms with van der Waals surface area (Å²) in [5.74, 6) is -0.825. The van der Waals surface area contributed by atoms with Gasteiger partial charge in [-0.3, -0.25) is 14.6 Å². The zero-order chi connectivity index (χ0) is 34.2. The van der Waals surface area contributed by atoms with E-state index in [-0.39, 0.29) is 61.8 Å². The van der Waals surface area contributed by atoms with Crippen molar-refractivity contribution in [1.82, 2.24) is 9.80 Å². The number of ketones is 1. The number of amides is 2. The third-order valence-electron chi connectivity index (χ3n) is 9.70. The highest BCUT2D eigenvalue weighted by atomic mass is 16.6. The van der Waals surface area contributed by atoms with Crippen LogP contribution in [0.15, 0.2) is 72.8 Å². The van der Waals surface area contributed by atoms with Crippen LogP contribution < -0.4 is 0 Å². The summed E-state index contributed by atoms with van der Waals surface area (Å²) in [5, 5.41) is 0. The maximum atomic E-state index is 12.5. The summed E-state index contributed by atoms with van der Waals surface area (Å²) in [6.07, 6.45) is 1.85. The van der Waals surface area contributed by atoms with E-state index in [0.717, 1.165) is 29.5 Å². The van der Waals surface area contributed by atoms with E-state index >= 15 is 0 Å². The molecule has 0 radical (unpaired) electrons. The molecule has 2 aliphatic heterocycles. The second-order valence-corrected chi connectivity index (χ2v) is 12.5. The smallest absolute Gasteiger partial charge is 0.410 e. The lowest BCUT2D eigenvalue weighted by Gasteiger charge is -2.25. The Morgan fingerprint density at radius 2 is 1.10 bits per heavy atom. The first-order valence-corrected chi connectivity index (χ1v) is 16.7. The van der Waals surface area contributed by atoms with Crippen LogP contribution in [0.5, 0.6) is 0 Å². The fourth-order valence-corrected chi connectivity index (χ4v) is 7.39. The topological polar surface area (TPSA) is 129 Å². The van der Waals surface area contributed by atoms with Crippen LogP contribution in [0.1, 0.15) is 50.7 Å². The minimum atomic E-state index is -0.718. The zero-order valence-electron chi connectivity index (χ0n) is 27.6. The van der Waals surface area contributed by atoms with E-state index in [2.05, 4.69) is 6.58 Å². The summed E-state index contributed by atoms with van der Waals surface area (Å²) < 4.78 is 21.1. The Bertz CT molecular complexity index is 1370. The van der Waals surface area contributed by atoms with Gasteiger partial charge in [0.05, 0.1) is 13.2 Å². The van der Waals surface area contributed by atoms with Gasteiger partial charge in [-0.05, 0) is 50.2 Å². The molecule has 0 bridgehead atoms. The van der Waals surface area contributed by atoms with Gasteiger partial charge in [-0.2, -0.15) is 0 Å². The van der Waals surface area contributed by atoms with Gasteiger partial charge >= 0.3 is 24.1 Å². The van der Waals surface area contributed by atoms with Gasteiger partial charge in [0.25, 0.3) is 0 Å². The van der Waals surface area contributed by atoms with Crippen LogP contribution in [0.4, 0.5) is 9.59 Å². The molecular weight excluding hydrogens is 616 g/mol. The molecule has 2 saturated heterocycles. The monoisotopic (exact) mass is 660 g/mol. The quantitative estimate of drug-likeness (QED) is 0.210. The van der Waals surface area contributed by atoms with Crippen molar-refractivity contribution < 1.29 is 42.9 Å². The minimum Gasteiger partial charge on any atom is -0.464 e. The molecule has 6 rings (SSSR count). The van der Waals surface area contributed by atoms with E-state index in [1.54, 1.807) is 13.8 Å². The summed E-state index contributed by atoms with van der Waals surface area (Å²) in [7, 11) is 0. The molecule has 2 aromatic carbocycles. The second-order valence-electron chi connectivity index (χ2n) is 12.5. The third-order valence-corrected chi connectivity index (χ3v) is 9.70. The van der Waals surface area contributed by atoms with Gasteiger partial charge in [-0.15, -0.1) is 0 Å². The lowest BCUT2D eigenvalue weighted by Crippen LogP contribution is -2.44. The lowest BCUT2D eigenvalue weighted by molar-refractivity contribution is -0.150. The number of Topliss-reactive ketones (excluding diaryl/α,β-unsaturated/α-hetero) is 1. The van der Waals surface area contributed by atoms with E-state index in [0.29, 0.717) is 26.0 Å². The fraction of sp³-hybridized carbons (Fsp3) is 0.486. The number of rotatable bonds is 8. The molecule has 256 valence electrons. The van der Waals surface area contributed by atoms with Gasteiger partial charge in [0.15, 0.2) is 0 Å². The van der Waals surface area contributed by atoms with E-state index in [4.69, 9.17) is 18.9 Å². The Balaban J connectivity index is 0.000000188. The van der Waals surface area contributed by atoms with E-state index < -0.39 is 30.2 Å². The number of nitrogens with zero attached hydrogens (tertiary/aromatic N) is 2. The third kappa shape index (κ3) is 7.72. The molecule has 11 heteroatoms. The molecule has 48 heavy (non-hydrogen) atoms. The molecule has 2 aliphatic carbocycles. The Morgan fingerprint density at radius 1 is 0.667 bits per heavy atom. The molecule has 0 unspecified atom stereocenters. The van der Waals surface area contributed by atoms with Crippen LogP contribution in [0, 0.1) is 23.7 Å². The standard InChI is InChI=1S/C19H23NO4.C18H21NO5/c1-3-23-18(21)17-15-10-9-13(2)16(15)11-20(17)19(22)24-12-14-7-5-4-6-8-14;1-2-23-17(21)16-13-8-9-15(20)14(13)10-19(16)18(22)24-11-12-6-4-3-5-7-12/h4-8,15-17H,2-3,9-12H2,1H3;3-7,13-14,16H,2,8-11H2,1H3/t15-,16+,17-;13-,14-,16-/m00/s1. The van der Waals surface area contributed by atoms with Gasteiger partial charge < -0.3 is 18.9 Å². The van der Waals surface area contributed by atoms with Gasteiger partial charge in [0.1, 0.15) is 31.1 Å². The SMILES string of the molecule is C=C1CC[C@H]2[C@@H]1CN(C(=O)OCc1ccccc1)[C@@H]2C(=O)OCC.CCOC(=O)[C@@H]1[C@H]2CCC(=O)[C@H]2CN1C(=O)OCc1ccccc1. The summed E-state index contributed by atoms with van der Waals surface area (Å²) in [6, 6.07) is 17.6. The summed E-state index contributed by atoms with van der Waals surface area (Å²) >= 11 is 0. The summed E-state index contributed by atoms with van der Waals surface area (Å²) in [5.41, 5.74) is 2.91. The van der Waals surface area contributed by atoms with Crippen molar-refractivity contribution in [1.29, 1.82) is 0 Å². The molecule has 2 amide bonds. The van der Waals surface area contributed by atoms with Crippen molar-refractivity contribution in [2.45, 2.75) is 64.8 Å². The van der Waals surface area contributed by atoms with Crippen molar-refractivity contribution in [2.24, 2.45) is 23.7 Å². The molecule has 2 heterocycles. The predicted molar refractivity (Wildman–Crippen MR) is 174 cm³/mol.